The van der Waals surface area contributed by atoms with E-state index >= 15 is 0 Å². The van der Waals surface area contributed by atoms with Gasteiger partial charge in [-0.25, -0.2) is 0 Å². The summed E-state index contributed by atoms with van der Waals surface area (Å²) < 4.78 is 5.13. The second kappa shape index (κ2) is 9.38. The van der Waals surface area contributed by atoms with Crippen LogP contribution in [0.2, 0.25) is 5.02 Å². The summed E-state index contributed by atoms with van der Waals surface area (Å²) in [6.45, 7) is 3.25. The maximum atomic E-state index is 12.2. The number of nitro groups is 1. The number of thioether (sulfide) groups is 1. The third kappa shape index (κ3) is 5.97. The Balaban J connectivity index is 1.84. The highest BCUT2D eigenvalue weighted by molar-refractivity contribution is 8.00. The molecule has 0 unspecified atom stereocenters. The van der Waals surface area contributed by atoms with E-state index in [1.54, 1.807) is 37.3 Å². The van der Waals surface area contributed by atoms with Crippen LogP contribution in [0.4, 0.5) is 11.4 Å². The summed E-state index contributed by atoms with van der Waals surface area (Å²) in [5.74, 6) is -1.05. The number of amides is 1. The van der Waals surface area contributed by atoms with Gasteiger partial charge < -0.3 is 10.1 Å². The molecule has 0 saturated carbocycles. The van der Waals surface area contributed by atoms with E-state index < -0.39 is 22.9 Å². The van der Waals surface area contributed by atoms with Gasteiger partial charge in [-0.1, -0.05) is 17.7 Å². The van der Waals surface area contributed by atoms with Crippen LogP contribution in [-0.4, -0.2) is 28.7 Å². The molecule has 0 aliphatic carbocycles. The predicted octanol–water partition coefficient (Wildman–Crippen LogP) is 4.22. The number of nitro benzene ring substituents is 1. The summed E-state index contributed by atoms with van der Waals surface area (Å²) in [6, 6.07) is 10.9. The molecule has 7 nitrogen and oxygen atoms in total. The Kier molecular flexibility index (Phi) is 7.20. The van der Waals surface area contributed by atoms with Crippen LogP contribution in [-0.2, 0) is 14.3 Å². The zero-order valence-corrected chi connectivity index (χ0v) is 16.2. The zero-order chi connectivity index (χ0) is 20.0. The van der Waals surface area contributed by atoms with E-state index in [0.717, 1.165) is 17.3 Å². The highest BCUT2D eigenvalue weighted by Gasteiger charge is 2.19. The molecule has 0 aromatic heterocycles. The summed E-state index contributed by atoms with van der Waals surface area (Å²) in [5, 5.41) is 13.8. The molecule has 0 aliphatic heterocycles. The number of ether oxygens (including phenoxy) is 1. The molecule has 1 amide bonds. The van der Waals surface area contributed by atoms with Gasteiger partial charge in [-0.2, -0.15) is 0 Å². The molecule has 0 saturated heterocycles. The summed E-state index contributed by atoms with van der Waals surface area (Å²) in [4.78, 5) is 34.9. The summed E-state index contributed by atoms with van der Waals surface area (Å²) >= 11 is 7.18. The van der Waals surface area contributed by atoms with Gasteiger partial charge in [-0.15, -0.1) is 11.8 Å². The Morgan fingerprint density at radius 2 is 1.93 bits per heavy atom. The first-order valence-corrected chi connectivity index (χ1v) is 9.27. The molecule has 0 spiro atoms. The van der Waals surface area contributed by atoms with Crippen molar-refractivity contribution in [1.29, 1.82) is 0 Å². The van der Waals surface area contributed by atoms with E-state index in [-0.39, 0.29) is 11.4 Å². The van der Waals surface area contributed by atoms with Gasteiger partial charge in [0.1, 0.15) is 0 Å². The van der Waals surface area contributed by atoms with Gasteiger partial charge in [0.25, 0.3) is 11.6 Å². The first kappa shape index (κ1) is 20.7. The third-order valence-corrected chi connectivity index (χ3v) is 5.00. The predicted molar refractivity (Wildman–Crippen MR) is 104 cm³/mol. The summed E-state index contributed by atoms with van der Waals surface area (Å²) in [7, 11) is 0. The Morgan fingerprint density at radius 1 is 1.26 bits per heavy atom. The number of hydrogen-bond donors (Lipinski definition) is 1. The van der Waals surface area contributed by atoms with Crippen molar-refractivity contribution in [2.75, 3.05) is 11.1 Å². The van der Waals surface area contributed by atoms with Crippen LogP contribution in [0.3, 0.4) is 0 Å². The molecule has 0 heterocycles. The molecule has 0 aliphatic rings. The van der Waals surface area contributed by atoms with Gasteiger partial charge >= 0.3 is 5.97 Å². The van der Waals surface area contributed by atoms with Gasteiger partial charge in [-0.3, -0.25) is 19.7 Å². The number of halogens is 1. The zero-order valence-electron chi connectivity index (χ0n) is 14.6. The smallest absolute Gasteiger partial charge is 0.317 e. The minimum atomic E-state index is -0.978. The fraction of sp³-hybridized carbons (Fsp3) is 0.222. The minimum Gasteiger partial charge on any atom is -0.452 e. The third-order valence-electron chi connectivity index (χ3n) is 3.61. The molecule has 27 heavy (non-hydrogen) atoms. The van der Waals surface area contributed by atoms with Crippen LogP contribution in [0.25, 0.3) is 0 Å². The standard InChI is InChI=1S/C18H17ClN2O5S/c1-11-15(19)4-3-5-16(11)20-18(23)12(2)26-17(22)10-27-14-8-6-13(7-9-14)21(24)25/h3-9,12H,10H2,1-2H3,(H,20,23)/t12-/m0/s1. The van der Waals surface area contributed by atoms with E-state index in [9.17, 15) is 19.7 Å². The number of carbonyl (C=O) groups excluding carboxylic acids is 2. The normalized spacial score (nSPS) is 11.5. The number of hydrogen-bond acceptors (Lipinski definition) is 6. The van der Waals surface area contributed by atoms with E-state index in [1.165, 1.54) is 19.1 Å². The first-order chi connectivity index (χ1) is 12.8. The number of anilines is 1. The van der Waals surface area contributed by atoms with Crippen molar-refractivity contribution in [3.8, 4) is 0 Å². The quantitative estimate of drug-likeness (QED) is 0.319. The minimum absolute atomic E-state index is 0.0222. The lowest BCUT2D eigenvalue weighted by atomic mass is 10.2. The highest BCUT2D eigenvalue weighted by Crippen LogP contribution is 2.24. The van der Waals surface area contributed by atoms with Crippen LogP contribution in [0.5, 0.6) is 0 Å². The molecule has 0 bridgehead atoms. The average Bonchev–Trinajstić information content (AvgIpc) is 2.64. The van der Waals surface area contributed by atoms with Crippen LogP contribution >= 0.6 is 23.4 Å². The number of non-ortho nitro benzene ring substituents is 1. The molecule has 1 N–H and O–H groups in total. The maximum Gasteiger partial charge on any atom is 0.317 e. The van der Waals surface area contributed by atoms with Gasteiger partial charge in [0.05, 0.1) is 10.7 Å². The van der Waals surface area contributed by atoms with Crippen LogP contribution in [0.15, 0.2) is 47.4 Å². The lowest BCUT2D eigenvalue weighted by molar-refractivity contribution is -0.384. The van der Waals surface area contributed by atoms with E-state index in [1.807, 2.05) is 0 Å². The highest BCUT2D eigenvalue weighted by atomic mass is 35.5. The fourth-order valence-electron chi connectivity index (χ4n) is 2.07. The van der Waals surface area contributed by atoms with Gasteiger partial charge in [0.2, 0.25) is 0 Å². The lowest BCUT2D eigenvalue weighted by Gasteiger charge is -2.15. The van der Waals surface area contributed by atoms with E-state index in [2.05, 4.69) is 5.32 Å². The van der Waals surface area contributed by atoms with E-state index in [0.29, 0.717) is 15.6 Å². The molecule has 0 radical (unpaired) electrons. The Labute approximate surface area is 165 Å². The van der Waals surface area contributed by atoms with Crippen molar-refractivity contribution in [3.05, 3.63) is 63.2 Å². The molecular weight excluding hydrogens is 392 g/mol. The molecule has 0 fully saturated rings. The number of nitrogens with zero attached hydrogens (tertiary/aromatic N) is 1. The van der Waals surface area contributed by atoms with Crippen molar-refractivity contribution >= 4 is 46.6 Å². The molecule has 2 aromatic carbocycles. The Hall–Kier alpha value is -2.58. The van der Waals surface area contributed by atoms with Crippen molar-refractivity contribution in [2.24, 2.45) is 0 Å². The number of nitrogens with one attached hydrogen (secondary N) is 1. The Bertz CT molecular complexity index is 857. The van der Waals surface area contributed by atoms with Crippen LogP contribution in [0.1, 0.15) is 12.5 Å². The number of benzene rings is 2. The second-order valence-corrected chi connectivity index (χ2v) is 7.03. The van der Waals surface area contributed by atoms with Crippen molar-refractivity contribution in [2.45, 2.75) is 24.8 Å². The SMILES string of the molecule is Cc1c(Cl)cccc1NC(=O)[C@H](C)OC(=O)CSc1ccc([N+](=O)[O-])cc1. The maximum absolute atomic E-state index is 12.2. The first-order valence-electron chi connectivity index (χ1n) is 7.90. The van der Waals surface area contributed by atoms with Crippen molar-refractivity contribution < 1.29 is 19.2 Å². The van der Waals surface area contributed by atoms with Gasteiger partial charge in [-0.05, 0) is 43.7 Å². The monoisotopic (exact) mass is 408 g/mol. The number of carbonyl (C=O) groups is 2. The van der Waals surface area contributed by atoms with Gasteiger partial charge in [0.15, 0.2) is 6.10 Å². The van der Waals surface area contributed by atoms with Crippen molar-refractivity contribution in [3.63, 3.8) is 0 Å². The summed E-state index contributed by atoms with van der Waals surface area (Å²) in [6.07, 6.45) is -0.978. The molecule has 2 aromatic rings. The topological polar surface area (TPSA) is 98.5 Å². The van der Waals surface area contributed by atoms with E-state index in [4.69, 9.17) is 16.3 Å². The second-order valence-electron chi connectivity index (χ2n) is 5.57. The van der Waals surface area contributed by atoms with Crippen LogP contribution in [0, 0.1) is 17.0 Å². The number of esters is 1. The van der Waals surface area contributed by atoms with Crippen molar-refractivity contribution in [1.82, 2.24) is 0 Å². The molecule has 9 heteroatoms. The Morgan fingerprint density at radius 3 is 2.56 bits per heavy atom. The fourth-order valence-corrected chi connectivity index (χ4v) is 2.92. The lowest BCUT2D eigenvalue weighted by Crippen LogP contribution is -2.30. The average molecular weight is 409 g/mol. The largest absolute Gasteiger partial charge is 0.452 e. The van der Waals surface area contributed by atoms with Crippen LogP contribution < -0.4 is 5.32 Å². The summed E-state index contributed by atoms with van der Waals surface area (Å²) in [5.41, 5.74) is 1.25. The molecular formula is C18H17ClN2O5S. The molecule has 1 atom stereocenters. The molecule has 2 rings (SSSR count). The number of rotatable bonds is 7. The molecule has 142 valence electrons. The van der Waals surface area contributed by atoms with Gasteiger partial charge in [0, 0.05) is 27.7 Å².